The van der Waals surface area contributed by atoms with Crippen LogP contribution >= 0.6 is 11.8 Å². The number of benzene rings is 1. The summed E-state index contributed by atoms with van der Waals surface area (Å²) >= 11 is 1.74. The van der Waals surface area contributed by atoms with E-state index in [0.29, 0.717) is 0 Å². The van der Waals surface area contributed by atoms with Gasteiger partial charge in [-0.3, -0.25) is 4.68 Å². The van der Waals surface area contributed by atoms with Crippen LogP contribution in [0.1, 0.15) is 18.2 Å². The molecule has 0 saturated heterocycles. The number of hydrogen-bond acceptors (Lipinski definition) is 3. The summed E-state index contributed by atoms with van der Waals surface area (Å²) in [6.07, 6.45) is 0. The van der Waals surface area contributed by atoms with Gasteiger partial charge in [0, 0.05) is 30.1 Å². The van der Waals surface area contributed by atoms with Crippen molar-refractivity contribution in [2.24, 2.45) is 7.05 Å². The number of aromatic nitrogens is 3. The fraction of sp³-hybridized carbons (Fsp3) is 0.312. The number of aryl methyl sites for hydroxylation is 2. The van der Waals surface area contributed by atoms with Gasteiger partial charge in [0.05, 0.1) is 10.7 Å². The zero-order valence-corrected chi connectivity index (χ0v) is 13.4. The summed E-state index contributed by atoms with van der Waals surface area (Å²) in [4.78, 5) is 3.47. The molecule has 0 aliphatic carbocycles. The Labute approximate surface area is 128 Å². The molecular formula is C16H20N4S. The monoisotopic (exact) mass is 300 g/mol. The normalized spacial score (nSPS) is 11.4. The van der Waals surface area contributed by atoms with Gasteiger partial charge in [-0.25, -0.2) is 0 Å². The van der Waals surface area contributed by atoms with Gasteiger partial charge in [0.2, 0.25) is 0 Å². The molecule has 0 saturated carbocycles. The van der Waals surface area contributed by atoms with E-state index in [4.69, 9.17) is 0 Å². The SMILES string of the molecule is CCNCc1c(C)nn(C)c1Sc1cc2ccccc2[nH]1. The first-order valence-electron chi connectivity index (χ1n) is 7.18. The van der Waals surface area contributed by atoms with Crippen molar-refractivity contribution in [1.29, 1.82) is 0 Å². The van der Waals surface area contributed by atoms with Crippen LogP contribution in [0.5, 0.6) is 0 Å². The highest BCUT2D eigenvalue weighted by Crippen LogP contribution is 2.33. The number of H-pyrrole nitrogens is 1. The summed E-state index contributed by atoms with van der Waals surface area (Å²) in [5.41, 5.74) is 3.55. The van der Waals surface area contributed by atoms with E-state index in [2.05, 4.69) is 59.6 Å². The van der Waals surface area contributed by atoms with Crippen LogP contribution in [0.4, 0.5) is 0 Å². The molecule has 21 heavy (non-hydrogen) atoms. The van der Waals surface area contributed by atoms with Crippen LogP contribution in [-0.4, -0.2) is 21.3 Å². The molecule has 2 aromatic heterocycles. The number of hydrogen-bond donors (Lipinski definition) is 2. The number of rotatable bonds is 5. The summed E-state index contributed by atoms with van der Waals surface area (Å²) in [6, 6.07) is 10.5. The fourth-order valence-electron chi connectivity index (χ4n) is 2.47. The van der Waals surface area contributed by atoms with Crippen LogP contribution in [-0.2, 0) is 13.6 Å². The van der Waals surface area contributed by atoms with Crippen LogP contribution in [0.3, 0.4) is 0 Å². The predicted octanol–water partition coefficient (Wildman–Crippen LogP) is 3.47. The van der Waals surface area contributed by atoms with Crippen molar-refractivity contribution in [2.45, 2.75) is 30.4 Å². The summed E-state index contributed by atoms with van der Waals surface area (Å²) < 4.78 is 1.97. The minimum absolute atomic E-state index is 0.860. The number of aromatic amines is 1. The third-order valence-corrected chi connectivity index (χ3v) is 4.70. The molecule has 0 radical (unpaired) electrons. The third-order valence-electron chi connectivity index (χ3n) is 3.55. The van der Waals surface area contributed by atoms with Crippen molar-refractivity contribution in [3.63, 3.8) is 0 Å². The Kier molecular flexibility index (Phi) is 4.03. The van der Waals surface area contributed by atoms with Gasteiger partial charge in [-0.2, -0.15) is 5.10 Å². The van der Waals surface area contributed by atoms with Gasteiger partial charge in [0.25, 0.3) is 0 Å². The maximum atomic E-state index is 4.56. The molecule has 0 aliphatic heterocycles. The maximum Gasteiger partial charge on any atom is 0.105 e. The molecule has 0 spiro atoms. The van der Waals surface area contributed by atoms with Crippen LogP contribution in [0.25, 0.3) is 10.9 Å². The first kappa shape index (κ1) is 14.2. The molecule has 1 aromatic carbocycles. The molecule has 5 heteroatoms. The van der Waals surface area contributed by atoms with Gasteiger partial charge in [0.15, 0.2) is 0 Å². The van der Waals surface area contributed by atoms with Crippen LogP contribution in [0.15, 0.2) is 40.4 Å². The molecule has 0 fully saturated rings. The summed E-state index contributed by atoms with van der Waals surface area (Å²) in [6.45, 7) is 6.02. The zero-order valence-electron chi connectivity index (χ0n) is 12.6. The van der Waals surface area contributed by atoms with E-state index in [-0.39, 0.29) is 0 Å². The van der Waals surface area contributed by atoms with Crippen molar-refractivity contribution < 1.29 is 0 Å². The zero-order chi connectivity index (χ0) is 14.8. The van der Waals surface area contributed by atoms with Gasteiger partial charge in [-0.1, -0.05) is 36.9 Å². The first-order valence-corrected chi connectivity index (χ1v) is 7.99. The molecule has 4 nitrogen and oxygen atoms in total. The van der Waals surface area contributed by atoms with Gasteiger partial charge in [-0.05, 0) is 25.6 Å². The Morgan fingerprint density at radius 3 is 2.90 bits per heavy atom. The average Bonchev–Trinajstić information content (AvgIpc) is 2.99. The van der Waals surface area contributed by atoms with Crippen molar-refractivity contribution in [3.05, 3.63) is 41.6 Å². The van der Waals surface area contributed by atoms with E-state index in [0.717, 1.165) is 23.8 Å². The number of nitrogens with one attached hydrogen (secondary N) is 2. The summed E-state index contributed by atoms with van der Waals surface area (Å²) in [7, 11) is 2.01. The second-order valence-electron chi connectivity index (χ2n) is 5.10. The average molecular weight is 300 g/mol. The molecule has 0 amide bonds. The highest BCUT2D eigenvalue weighted by atomic mass is 32.2. The lowest BCUT2D eigenvalue weighted by molar-refractivity contribution is 0.673. The Bertz CT molecular complexity index is 724. The molecule has 2 N–H and O–H groups in total. The van der Waals surface area contributed by atoms with Gasteiger partial charge >= 0.3 is 0 Å². The number of para-hydroxylation sites is 1. The largest absolute Gasteiger partial charge is 0.349 e. The van der Waals surface area contributed by atoms with E-state index in [1.165, 1.54) is 21.5 Å². The second-order valence-corrected chi connectivity index (χ2v) is 6.13. The molecular weight excluding hydrogens is 280 g/mol. The van der Waals surface area contributed by atoms with E-state index < -0.39 is 0 Å². The maximum absolute atomic E-state index is 4.56. The van der Waals surface area contributed by atoms with E-state index in [9.17, 15) is 0 Å². The quantitative estimate of drug-likeness (QED) is 0.758. The molecule has 3 aromatic rings. The van der Waals surface area contributed by atoms with Gasteiger partial charge in [-0.15, -0.1) is 0 Å². The third kappa shape index (κ3) is 2.84. The highest BCUT2D eigenvalue weighted by Gasteiger charge is 2.15. The highest BCUT2D eigenvalue weighted by molar-refractivity contribution is 7.99. The van der Waals surface area contributed by atoms with Crippen LogP contribution in [0.2, 0.25) is 0 Å². The summed E-state index contributed by atoms with van der Waals surface area (Å²) in [5.74, 6) is 0. The molecule has 3 rings (SSSR count). The topological polar surface area (TPSA) is 45.6 Å². The standard InChI is InChI=1S/C16H20N4S/c1-4-17-10-13-11(2)19-20(3)16(13)21-15-9-12-7-5-6-8-14(12)18-15/h5-9,17-18H,4,10H2,1-3H3. The van der Waals surface area contributed by atoms with Crippen molar-refractivity contribution in [3.8, 4) is 0 Å². The minimum atomic E-state index is 0.860. The molecule has 0 atom stereocenters. The predicted molar refractivity (Wildman–Crippen MR) is 87.7 cm³/mol. The minimum Gasteiger partial charge on any atom is -0.349 e. The molecule has 0 unspecified atom stereocenters. The van der Waals surface area contributed by atoms with Gasteiger partial charge < -0.3 is 10.3 Å². The van der Waals surface area contributed by atoms with Crippen molar-refractivity contribution in [2.75, 3.05) is 6.54 Å². The van der Waals surface area contributed by atoms with Crippen LogP contribution in [0, 0.1) is 6.92 Å². The lowest BCUT2D eigenvalue weighted by Gasteiger charge is -2.05. The Morgan fingerprint density at radius 2 is 2.14 bits per heavy atom. The fourth-order valence-corrected chi connectivity index (χ4v) is 3.54. The van der Waals surface area contributed by atoms with Crippen molar-refractivity contribution in [1.82, 2.24) is 20.1 Å². The second kappa shape index (κ2) is 5.95. The molecule has 2 heterocycles. The van der Waals surface area contributed by atoms with Crippen LogP contribution < -0.4 is 5.32 Å². The van der Waals surface area contributed by atoms with E-state index >= 15 is 0 Å². The molecule has 0 aliphatic rings. The lowest BCUT2D eigenvalue weighted by atomic mass is 10.2. The van der Waals surface area contributed by atoms with Crippen molar-refractivity contribution >= 4 is 22.7 Å². The molecule has 110 valence electrons. The Hall–Kier alpha value is -1.72. The lowest BCUT2D eigenvalue weighted by Crippen LogP contribution is -2.12. The first-order chi connectivity index (χ1) is 10.2. The molecule has 0 bridgehead atoms. The smallest absolute Gasteiger partial charge is 0.105 e. The Morgan fingerprint density at radius 1 is 1.33 bits per heavy atom. The van der Waals surface area contributed by atoms with E-state index in [1.807, 2.05) is 11.7 Å². The summed E-state index contributed by atoms with van der Waals surface area (Å²) in [5, 5.41) is 11.5. The Balaban J connectivity index is 1.93. The number of nitrogens with zero attached hydrogens (tertiary/aromatic N) is 2. The van der Waals surface area contributed by atoms with E-state index in [1.54, 1.807) is 11.8 Å². The number of fused-ring (bicyclic) bond motifs is 1. The van der Waals surface area contributed by atoms with Gasteiger partial charge in [0.1, 0.15) is 5.03 Å².